The largest absolute Gasteiger partial charge is 0.481 e. The highest BCUT2D eigenvalue weighted by Crippen LogP contribution is 2.11. The molecule has 0 bridgehead atoms. The average molecular weight is 474 g/mol. The number of carbonyl (C=O) groups excluding carboxylic acids is 4. The number of hydrogen-bond acceptors (Lipinski definition) is 7. The highest BCUT2D eigenvalue weighted by atomic mass is 16.4. The van der Waals surface area contributed by atoms with Crippen molar-refractivity contribution in [1.82, 2.24) is 16.0 Å². The zero-order valence-corrected chi connectivity index (χ0v) is 19.3. The third-order valence-corrected chi connectivity index (χ3v) is 5.07. The summed E-state index contributed by atoms with van der Waals surface area (Å²) in [6.07, 6.45) is -0.618. The number of primary amides is 1. The molecule has 5 unspecified atom stereocenters. The Balaban J connectivity index is 5.47. The fourth-order valence-corrected chi connectivity index (χ4v) is 2.81. The Kier molecular flexibility index (Phi) is 12.7. The predicted octanol–water partition coefficient (Wildman–Crippen LogP) is -1.70. The van der Waals surface area contributed by atoms with Gasteiger partial charge in [0, 0.05) is 6.42 Å². The number of hydrogen-bond donors (Lipinski definition) is 7. The van der Waals surface area contributed by atoms with Gasteiger partial charge < -0.3 is 37.6 Å². The van der Waals surface area contributed by atoms with E-state index in [1.165, 1.54) is 0 Å². The van der Waals surface area contributed by atoms with Crippen molar-refractivity contribution in [3.05, 3.63) is 0 Å². The lowest BCUT2D eigenvalue weighted by Gasteiger charge is -2.29. The zero-order chi connectivity index (χ0) is 25.9. The van der Waals surface area contributed by atoms with Crippen molar-refractivity contribution in [2.75, 3.05) is 0 Å². The Bertz CT molecular complexity index is 742. The normalized spacial score (nSPS) is 15.5. The molecule has 5 atom stereocenters. The van der Waals surface area contributed by atoms with Crippen molar-refractivity contribution in [2.45, 2.75) is 77.5 Å². The molecule has 188 valence electrons. The van der Waals surface area contributed by atoms with Crippen LogP contribution in [0.5, 0.6) is 0 Å². The van der Waals surface area contributed by atoms with Crippen LogP contribution in [0.1, 0.15) is 53.4 Å². The lowest BCUT2D eigenvalue weighted by Crippen LogP contribution is -2.60. The zero-order valence-electron chi connectivity index (χ0n) is 19.3. The quantitative estimate of drug-likeness (QED) is 0.143. The van der Waals surface area contributed by atoms with Gasteiger partial charge in [-0.15, -0.1) is 0 Å². The molecule has 13 nitrogen and oxygen atoms in total. The number of amides is 4. The van der Waals surface area contributed by atoms with Crippen molar-refractivity contribution in [3.8, 4) is 0 Å². The molecule has 0 saturated heterocycles. The molecule has 0 aliphatic carbocycles. The van der Waals surface area contributed by atoms with Crippen LogP contribution in [0.15, 0.2) is 0 Å². The Hall–Kier alpha value is -3.22. The average Bonchev–Trinajstić information content (AvgIpc) is 2.71. The predicted molar refractivity (Wildman–Crippen MR) is 116 cm³/mol. The molecular formula is C20H35N5O8. The fraction of sp³-hybridized carbons (Fsp3) is 0.700. The van der Waals surface area contributed by atoms with Crippen molar-refractivity contribution < 1.29 is 39.0 Å². The maximum Gasteiger partial charge on any atom is 0.326 e. The summed E-state index contributed by atoms with van der Waals surface area (Å²) in [7, 11) is 0. The van der Waals surface area contributed by atoms with E-state index in [2.05, 4.69) is 16.0 Å². The van der Waals surface area contributed by atoms with Gasteiger partial charge in [0.05, 0.1) is 12.5 Å². The van der Waals surface area contributed by atoms with Gasteiger partial charge in [0.25, 0.3) is 0 Å². The van der Waals surface area contributed by atoms with Crippen molar-refractivity contribution >= 4 is 35.6 Å². The number of aliphatic carboxylic acids is 2. The maximum absolute atomic E-state index is 12.9. The van der Waals surface area contributed by atoms with Crippen molar-refractivity contribution in [2.24, 2.45) is 23.3 Å². The first-order chi connectivity index (χ1) is 15.2. The van der Waals surface area contributed by atoms with E-state index < -0.39 is 78.0 Å². The molecule has 0 fully saturated rings. The molecule has 13 heteroatoms. The Morgan fingerprint density at radius 1 is 0.848 bits per heavy atom. The van der Waals surface area contributed by atoms with E-state index in [-0.39, 0.29) is 12.8 Å². The minimum Gasteiger partial charge on any atom is -0.481 e. The molecule has 0 spiro atoms. The van der Waals surface area contributed by atoms with E-state index in [0.717, 1.165) is 0 Å². The van der Waals surface area contributed by atoms with Gasteiger partial charge in [-0.05, 0) is 18.3 Å². The summed E-state index contributed by atoms with van der Waals surface area (Å²) in [4.78, 5) is 71.1. The minimum absolute atomic E-state index is 0.123. The van der Waals surface area contributed by atoms with Gasteiger partial charge in [0.15, 0.2) is 0 Å². The molecule has 0 aromatic carbocycles. The number of rotatable bonds is 15. The molecule has 0 aliphatic heterocycles. The molecule has 9 N–H and O–H groups in total. The first-order valence-electron chi connectivity index (χ1n) is 10.6. The second-order valence-electron chi connectivity index (χ2n) is 8.21. The molecule has 33 heavy (non-hydrogen) atoms. The van der Waals surface area contributed by atoms with Crippen LogP contribution >= 0.6 is 0 Å². The fourth-order valence-electron chi connectivity index (χ4n) is 2.81. The minimum atomic E-state index is -1.56. The van der Waals surface area contributed by atoms with Gasteiger partial charge >= 0.3 is 11.9 Å². The van der Waals surface area contributed by atoms with Crippen LogP contribution in [0.2, 0.25) is 0 Å². The maximum atomic E-state index is 12.9. The van der Waals surface area contributed by atoms with Crippen LogP contribution in [-0.4, -0.2) is 69.9 Å². The number of nitrogens with two attached hydrogens (primary N) is 2. The Morgan fingerprint density at radius 2 is 1.36 bits per heavy atom. The summed E-state index contributed by atoms with van der Waals surface area (Å²) in [5.41, 5.74) is 10.7. The number of nitrogens with one attached hydrogen (secondary N) is 3. The van der Waals surface area contributed by atoms with Gasteiger partial charge in [-0.3, -0.25) is 24.0 Å². The molecule has 0 aromatic heterocycles. The van der Waals surface area contributed by atoms with E-state index in [1.54, 1.807) is 27.7 Å². The van der Waals surface area contributed by atoms with Crippen molar-refractivity contribution in [1.29, 1.82) is 0 Å². The molecule has 0 heterocycles. The van der Waals surface area contributed by atoms with Gasteiger partial charge in [0.1, 0.15) is 18.1 Å². The second-order valence-corrected chi connectivity index (χ2v) is 8.21. The van der Waals surface area contributed by atoms with Gasteiger partial charge in [-0.25, -0.2) is 4.79 Å². The van der Waals surface area contributed by atoms with E-state index in [1.807, 2.05) is 0 Å². The first kappa shape index (κ1) is 29.8. The lowest BCUT2D eigenvalue weighted by molar-refractivity contribution is -0.144. The lowest BCUT2D eigenvalue weighted by atomic mass is 9.96. The summed E-state index contributed by atoms with van der Waals surface area (Å²) in [5.74, 6) is -6.57. The van der Waals surface area contributed by atoms with Crippen molar-refractivity contribution in [3.63, 3.8) is 0 Å². The van der Waals surface area contributed by atoms with E-state index in [0.29, 0.717) is 6.42 Å². The monoisotopic (exact) mass is 473 g/mol. The van der Waals surface area contributed by atoms with Crippen LogP contribution < -0.4 is 27.4 Å². The Labute approximate surface area is 192 Å². The highest BCUT2D eigenvalue weighted by molar-refractivity contribution is 5.95. The van der Waals surface area contributed by atoms with Crippen LogP contribution in [0.25, 0.3) is 0 Å². The van der Waals surface area contributed by atoms with Gasteiger partial charge in [-0.2, -0.15) is 0 Å². The SMILES string of the molecule is CCC(C)C(NC(=O)C(NC(=O)C(N)CCC(=O)O)C(C)C)C(=O)NC(CC(N)=O)C(=O)O. The van der Waals surface area contributed by atoms with Gasteiger partial charge in [-0.1, -0.05) is 34.1 Å². The number of carboxylic acid groups (broad SMARTS) is 2. The number of carboxylic acids is 2. The molecule has 0 radical (unpaired) electrons. The summed E-state index contributed by atoms with van der Waals surface area (Å²) < 4.78 is 0. The summed E-state index contributed by atoms with van der Waals surface area (Å²) in [6, 6.07) is -4.95. The van der Waals surface area contributed by atoms with Crippen LogP contribution in [0, 0.1) is 11.8 Å². The van der Waals surface area contributed by atoms with E-state index in [4.69, 9.17) is 16.6 Å². The molecule has 0 saturated carbocycles. The summed E-state index contributed by atoms with van der Waals surface area (Å²) in [5, 5.41) is 25.1. The number of carbonyl (C=O) groups is 6. The topological polar surface area (TPSA) is 231 Å². The smallest absolute Gasteiger partial charge is 0.326 e. The molecule has 0 aliphatic rings. The summed E-state index contributed by atoms with van der Waals surface area (Å²) >= 11 is 0. The molecule has 0 aromatic rings. The molecule has 4 amide bonds. The van der Waals surface area contributed by atoms with Crippen LogP contribution in [0.3, 0.4) is 0 Å². The molecular weight excluding hydrogens is 438 g/mol. The summed E-state index contributed by atoms with van der Waals surface area (Å²) in [6.45, 7) is 6.73. The second kappa shape index (κ2) is 14.0. The Morgan fingerprint density at radius 3 is 1.79 bits per heavy atom. The highest BCUT2D eigenvalue weighted by Gasteiger charge is 2.34. The van der Waals surface area contributed by atoms with Crippen LogP contribution in [-0.2, 0) is 28.8 Å². The third-order valence-electron chi connectivity index (χ3n) is 5.07. The standard InChI is InChI=1S/C20H35N5O8/c1-5-10(4)16(19(31)23-12(20(32)33)8-13(22)26)25-18(30)15(9(2)3)24-17(29)11(21)6-7-14(27)28/h9-12,15-16H,5-8,21H2,1-4H3,(H2,22,26)(H,23,31)(H,24,29)(H,25,30)(H,27,28)(H,32,33). The third kappa shape index (κ3) is 10.8. The first-order valence-corrected chi connectivity index (χ1v) is 10.6. The van der Waals surface area contributed by atoms with E-state index in [9.17, 15) is 33.9 Å². The van der Waals surface area contributed by atoms with Gasteiger partial charge in [0.2, 0.25) is 23.6 Å². The van der Waals surface area contributed by atoms with E-state index >= 15 is 0 Å². The molecule has 0 rings (SSSR count). The van der Waals surface area contributed by atoms with Crippen LogP contribution in [0.4, 0.5) is 0 Å².